The number of carbonyl (C=O) groups excluding carboxylic acids is 1. The summed E-state index contributed by atoms with van der Waals surface area (Å²) < 4.78 is 18.8. The molecule has 3 nitrogen and oxygen atoms in total. The van der Waals surface area contributed by atoms with E-state index in [1.165, 1.54) is 24.3 Å². The van der Waals surface area contributed by atoms with Gasteiger partial charge in [-0.25, -0.2) is 4.39 Å². The van der Waals surface area contributed by atoms with Crippen LogP contribution in [0.4, 0.5) is 4.39 Å². The summed E-state index contributed by atoms with van der Waals surface area (Å²) in [5, 5.41) is 2.87. The lowest BCUT2D eigenvalue weighted by atomic mass is 10.1. The Morgan fingerprint density at radius 3 is 2.48 bits per heavy atom. The van der Waals surface area contributed by atoms with Gasteiger partial charge in [0, 0.05) is 5.56 Å². The first kappa shape index (κ1) is 15.5. The molecule has 21 heavy (non-hydrogen) atoms. The summed E-state index contributed by atoms with van der Waals surface area (Å²) in [5.74, 6) is 0.129. The molecular weight excluding hydrogens is 337 g/mol. The zero-order valence-electron chi connectivity index (χ0n) is 11.7. The minimum atomic E-state index is -0.362. The molecule has 0 aliphatic heterocycles. The van der Waals surface area contributed by atoms with Crippen LogP contribution < -0.4 is 10.1 Å². The van der Waals surface area contributed by atoms with Crippen molar-refractivity contribution in [1.82, 2.24) is 5.32 Å². The van der Waals surface area contributed by atoms with E-state index in [1.54, 1.807) is 7.11 Å². The monoisotopic (exact) mass is 351 g/mol. The Kier molecular flexibility index (Phi) is 4.96. The summed E-state index contributed by atoms with van der Waals surface area (Å²) >= 11 is 3.42. The van der Waals surface area contributed by atoms with Gasteiger partial charge < -0.3 is 10.1 Å². The highest BCUT2D eigenvalue weighted by molar-refractivity contribution is 9.10. The van der Waals surface area contributed by atoms with Gasteiger partial charge in [0.25, 0.3) is 5.91 Å². The molecule has 2 aromatic carbocycles. The Morgan fingerprint density at radius 2 is 1.90 bits per heavy atom. The van der Waals surface area contributed by atoms with E-state index in [0.717, 1.165) is 15.8 Å². The Balaban J connectivity index is 2.10. The molecule has 2 aromatic rings. The average Bonchev–Trinajstić information content (AvgIpc) is 2.47. The van der Waals surface area contributed by atoms with Crippen LogP contribution in [-0.4, -0.2) is 13.0 Å². The van der Waals surface area contributed by atoms with Crippen molar-refractivity contribution < 1.29 is 13.9 Å². The van der Waals surface area contributed by atoms with Gasteiger partial charge in [-0.1, -0.05) is 6.07 Å². The van der Waals surface area contributed by atoms with E-state index < -0.39 is 0 Å². The first-order chi connectivity index (χ1) is 10.0. The number of ether oxygens (including phenoxy) is 1. The van der Waals surface area contributed by atoms with Crippen LogP contribution in [0.2, 0.25) is 0 Å². The van der Waals surface area contributed by atoms with Crippen molar-refractivity contribution in [2.24, 2.45) is 0 Å². The van der Waals surface area contributed by atoms with Crippen molar-refractivity contribution in [3.8, 4) is 5.75 Å². The summed E-state index contributed by atoms with van der Waals surface area (Å²) in [5.41, 5.74) is 1.37. The predicted molar refractivity (Wildman–Crippen MR) is 83.0 cm³/mol. The molecule has 0 radical (unpaired) electrons. The fourth-order valence-corrected chi connectivity index (χ4v) is 2.47. The molecule has 1 N–H and O–H groups in total. The molecule has 110 valence electrons. The number of halogens is 2. The number of carbonyl (C=O) groups is 1. The van der Waals surface area contributed by atoms with Gasteiger partial charge in [-0.15, -0.1) is 0 Å². The van der Waals surface area contributed by atoms with Gasteiger partial charge in [0.15, 0.2) is 0 Å². The lowest BCUT2D eigenvalue weighted by Gasteiger charge is -2.15. The van der Waals surface area contributed by atoms with Gasteiger partial charge in [-0.3, -0.25) is 4.79 Å². The number of hydrogen-bond donors (Lipinski definition) is 1. The number of hydrogen-bond acceptors (Lipinski definition) is 2. The summed E-state index contributed by atoms with van der Waals surface area (Å²) in [7, 11) is 1.60. The van der Waals surface area contributed by atoms with E-state index in [-0.39, 0.29) is 17.8 Å². The van der Waals surface area contributed by atoms with E-state index in [1.807, 2.05) is 25.1 Å². The average molecular weight is 352 g/mol. The molecule has 0 fully saturated rings. The number of rotatable bonds is 4. The number of methoxy groups -OCH3 is 1. The first-order valence-electron chi connectivity index (χ1n) is 6.41. The summed E-state index contributed by atoms with van der Waals surface area (Å²) in [6, 6.07) is 10.9. The van der Waals surface area contributed by atoms with E-state index >= 15 is 0 Å². The lowest BCUT2D eigenvalue weighted by molar-refractivity contribution is 0.0940. The Hall–Kier alpha value is -1.88. The molecule has 5 heteroatoms. The standard InChI is InChI=1S/C16H15BrFNO2/c1-10(12-5-8-15(21-2)14(17)9-12)19-16(20)11-3-6-13(18)7-4-11/h3-10H,1-2H3,(H,19,20). The molecule has 0 spiro atoms. The summed E-state index contributed by atoms with van der Waals surface area (Å²) in [6.45, 7) is 1.88. The van der Waals surface area contributed by atoms with Crippen LogP contribution in [0.25, 0.3) is 0 Å². The second-order valence-corrected chi connectivity index (χ2v) is 5.45. The maximum absolute atomic E-state index is 12.8. The summed E-state index contributed by atoms with van der Waals surface area (Å²) in [6.07, 6.45) is 0. The third-order valence-corrected chi connectivity index (χ3v) is 3.75. The van der Waals surface area contributed by atoms with Crippen LogP contribution in [0.5, 0.6) is 5.75 Å². The van der Waals surface area contributed by atoms with Crippen LogP contribution in [-0.2, 0) is 0 Å². The molecule has 0 aliphatic carbocycles. The molecule has 0 saturated carbocycles. The predicted octanol–water partition coefficient (Wildman–Crippen LogP) is 4.09. The van der Waals surface area contributed by atoms with Crippen molar-refractivity contribution >= 4 is 21.8 Å². The molecule has 1 atom stereocenters. The Morgan fingerprint density at radius 1 is 1.24 bits per heavy atom. The van der Waals surface area contributed by atoms with Crippen LogP contribution in [0.3, 0.4) is 0 Å². The Labute approximate surface area is 131 Å². The molecule has 1 unspecified atom stereocenters. The van der Waals surface area contributed by atoms with Gasteiger partial charge in [-0.05, 0) is 64.8 Å². The molecule has 2 rings (SSSR count). The second-order valence-electron chi connectivity index (χ2n) is 4.60. The maximum Gasteiger partial charge on any atom is 0.251 e. The molecule has 0 aliphatic rings. The number of amides is 1. The zero-order chi connectivity index (χ0) is 15.4. The SMILES string of the molecule is COc1ccc(C(C)NC(=O)c2ccc(F)cc2)cc1Br. The number of nitrogens with one attached hydrogen (secondary N) is 1. The normalized spacial score (nSPS) is 11.8. The van der Waals surface area contributed by atoms with Crippen LogP contribution in [0.15, 0.2) is 46.9 Å². The molecular formula is C16H15BrFNO2. The molecule has 1 amide bonds. The van der Waals surface area contributed by atoms with Gasteiger partial charge in [-0.2, -0.15) is 0 Å². The fraction of sp³-hybridized carbons (Fsp3) is 0.188. The smallest absolute Gasteiger partial charge is 0.251 e. The van der Waals surface area contributed by atoms with Gasteiger partial charge in [0.1, 0.15) is 11.6 Å². The van der Waals surface area contributed by atoms with Crippen molar-refractivity contribution in [3.63, 3.8) is 0 Å². The van der Waals surface area contributed by atoms with Crippen LogP contribution in [0.1, 0.15) is 28.9 Å². The highest BCUT2D eigenvalue weighted by Gasteiger charge is 2.13. The van der Waals surface area contributed by atoms with Crippen molar-refractivity contribution in [3.05, 3.63) is 63.9 Å². The van der Waals surface area contributed by atoms with Gasteiger partial charge in [0.2, 0.25) is 0 Å². The minimum Gasteiger partial charge on any atom is -0.496 e. The minimum absolute atomic E-state index is 0.176. The quantitative estimate of drug-likeness (QED) is 0.900. The lowest BCUT2D eigenvalue weighted by Crippen LogP contribution is -2.26. The number of benzene rings is 2. The van der Waals surface area contributed by atoms with Gasteiger partial charge >= 0.3 is 0 Å². The third kappa shape index (κ3) is 3.82. The zero-order valence-corrected chi connectivity index (χ0v) is 13.3. The van der Waals surface area contributed by atoms with Crippen LogP contribution in [0, 0.1) is 5.82 Å². The topological polar surface area (TPSA) is 38.3 Å². The first-order valence-corrected chi connectivity index (χ1v) is 7.20. The van der Waals surface area contributed by atoms with Gasteiger partial charge in [0.05, 0.1) is 17.6 Å². The molecule has 0 heterocycles. The maximum atomic E-state index is 12.8. The molecule has 0 saturated heterocycles. The largest absolute Gasteiger partial charge is 0.496 e. The highest BCUT2D eigenvalue weighted by Crippen LogP contribution is 2.28. The van der Waals surface area contributed by atoms with E-state index in [2.05, 4.69) is 21.2 Å². The molecule has 0 aromatic heterocycles. The van der Waals surface area contributed by atoms with E-state index in [4.69, 9.17) is 4.74 Å². The van der Waals surface area contributed by atoms with Crippen molar-refractivity contribution in [1.29, 1.82) is 0 Å². The Bertz CT molecular complexity index is 643. The van der Waals surface area contributed by atoms with Crippen molar-refractivity contribution in [2.75, 3.05) is 7.11 Å². The fourth-order valence-electron chi connectivity index (χ4n) is 1.92. The highest BCUT2D eigenvalue weighted by atomic mass is 79.9. The van der Waals surface area contributed by atoms with E-state index in [9.17, 15) is 9.18 Å². The van der Waals surface area contributed by atoms with Crippen molar-refractivity contribution in [2.45, 2.75) is 13.0 Å². The van der Waals surface area contributed by atoms with Crippen LogP contribution >= 0.6 is 15.9 Å². The summed E-state index contributed by atoms with van der Waals surface area (Å²) in [4.78, 5) is 12.1. The third-order valence-electron chi connectivity index (χ3n) is 3.13. The van der Waals surface area contributed by atoms with E-state index in [0.29, 0.717) is 5.56 Å². The molecule has 0 bridgehead atoms. The second kappa shape index (κ2) is 6.72.